The van der Waals surface area contributed by atoms with E-state index in [9.17, 15) is 0 Å². The molecule has 0 aromatic heterocycles. The number of hydrogen-bond acceptors (Lipinski definition) is 1. The van der Waals surface area contributed by atoms with E-state index in [-0.39, 0.29) is 0 Å². The first-order valence-corrected chi connectivity index (χ1v) is 4.69. The van der Waals surface area contributed by atoms with Crippen LogP contribution in [0, 0.1) is 5.92 Å². The molecule has 0 aromatic rings. The Bertz CT molecular complexity index is 81.0. The van der Waals surface area contributed by atoms with Gasteiger partial charge in [0.25, 0.3) is 0 Å². The summed E-state index contributed by atoms with van der Waals surface area (Å²) in [7, 11) is 1.10. The average Bonchev–Trinajstić information content (AvgIpc) is 1.89. The van der Waals surface area contributed by atoms with E-state index in [0.29, 0.717) is 5.92 Å². The van der Waals surface area contributed by atoms with Crippen LogP contribution in [0.2, 0.25) is 0 Å². The Morgan fingerprint density at radius 1 is 1.67 bits per heavy atom. The molecule has 1 atom stereocenters. The van der Waals surface area contributed by atoms with E-state index < -0.39 is 0 Å². The van der Waals surface area contributed by atoms with E-state index in [0.717, 1.165) is 16.8 Å². The molecule has 0 heterocycles. The molecule has 1 nitrogen and oxygen atoms in total. The maximum absolute atomic E-state index is 5.19. The van der Waals surface area contributed by atoms with Crippen LogP contribution < -0.4 is 0 Å². The van der Waals surface area contributed by atoms with Crippen molar-refractivity contribution in [3.63, 3.8) is 0 Å². The molecule has 0 aliphatic heterocycles. The maximum atomic E-state index is 5.19. The molecule has 1 unspecified atom stereocenters. The molecule has 9 heavy (non-hydrogen) atoms. The van der Waals surface area contributed by atoms with E-state index in [4.69, 9.17) is 4.74 Å². The number of ether oxygens (including phenoxy) is 1. The van der Waals surface area contributed by atoms with Gasteiger partial charge in [-0.25, -0.2) is 0 Å². The minimum atomic E-state index is 0.697. The van der Waals surface area contributed by atoms with E-state index in [1.165, 1.54) is 6.42 Å². The van der Waals surface area contributed by atoms with Gasteiger partial charge in [-0.05, 0) is 5.92 Å². The first-order chi connectivity index (χ1) is 4.31. The van der Waals surface area contributed by atoms with Gasteiger partial charge >= 0.3 is 0 Å². The van der Waals surface area contributed by atoms with Crippen molar-refractivity contribution in [1.29, 1.82) is 0 Å². The zero-order chi connectivity index (χ0) is 7.11. The lowest BCUT2D eigenvalue weighted by atomic mass is 10.1. The maximum Gasteiger partial charge on any atom is 0.0898 e. The standard InChI is InChI=1S/C7H16OSi/c1-3-7(2)6-8-4-5-9/h4-5,7H,3,6H2,1-2,9H3. The Kier molecular flexibility index (Phi) is 5.73. The molecule has 0 aliphatic rings. The molecular formula is C7H16OSi. The molecule has 2 heteroatoms. The molecule has 0 rings (SSSR count). The predicted octanol–water partition coefficient (Wildman–Crippen LogP) is 0.886. The van der Waals surface area contributed by atoms with Crippen LogP contribution in [0.15, 0.2) is 12.0 Å². The molecule has 0 spiro atoms. The topological polar surface area (TPSA) is 9.23 Å². The Hall–Kier alpha value is -0.243. The van der Waals surface area contributed by atoms with Crippen LogP contribution in [0.4, 0.5) is 0 Å². The van der Waals surface area contributed by atoms with Crippen LogP contribution in [0.3, 0.4) is 0 Å². The zero-order valence-electron chi connectivity index (χ0n) is 6.55. The van der Waals surface area contributed by atoms with Crippen LogP contribution in [0.5, 0.6) is 0 Å². The molecule has 0 amide bonds. The second-order valence-electron chi connectivity index (χ2n) is 2.32. The van der Waals surface area contributed by atoms with Gasteiger partial charge in [-0.3, -0.25) is 0 Å². The zero-order valence-corrected chi connectivity index (χ0v) is 8.55. The summed E-state index contributed by atoms with van der Waals surface area (Å²) >= 11 is 0. The summed E-state index contributed by atoms with van der Waals surface area (Å²) in [5.41, 5.74) is 2.04. The number of hydrogen-bond donors (Lipinski definition) is 0. The predicted molar refractivity (Wildman–Crippen MR) is 44.5 cm³/mol. The van der Waals surface area contributed by atoms with Gasteiger partial charge in [-0.15, -0.1) is 0 Å². The van der Waals surface area contributed by atoms with E-state index >= 15 is 0 Å². The van der Waals surface area contributed by atoms with Gasteiger partial charge in [0, 0.05) is 10.2 Å². The normalized spacial score (nSPS) is 14.4. The summed E-state index contributed by atoms with van der Waals surface area (Å²) in [6.45, 7) is 5.24. The molecule has 54 valence electrons. The van der Waals surface area contributed by atoms with Crippen molar-refractivity contribution in [3.8, 4) is 0 Å². The first kappa shape index (κ1) is 8.76. The van der Waals surface area contributed by atoms with Gasteiger partial charge in [-0.2, -0.15) is 0 Å². The molecule has 0 saturated heterocycles. The van der Waals surface area contributed by atoms with Crippen molar-refractivity contribution in [2.24, 2.45) is 5.92 Å². The minimum absolute atomic E-state index is 0.697. The summed E-state index contributed by atoms with van der Waals surface area (Å²) < 4.78 is 5.19. The van der Waals surface area contributed by atoms with Crippen LogP contribution in [0.1, 0.15) is 20.3 Å². The summed E-state index contributed by atoms with van der Waals surface area (Å²) in [4.78, 5) is 0. The SMILES string of the molecule is CCC(C)COC=C[SiH3]. The molecule has 0 aliphatic carbocycles. The third kappa shape index (κ3) is 5.63. The molecule has 0 fully saturated rings. The highest BCUT2D eigenvalue weighted by atomic mass is 28.1. The molecule has 0 aromatic carbocycles. The highest BCUT2D eigenvalue weighted by Gasteiger charge is 1.94. The Morgan fingerprint density at radius 3 is 2.78 bits per heavy atom. The summed E-state index contributed by atoms with van der Waals surface area (Å²) in [6, 6.07) is 0. The lowest BCUT2D eigenvalue weighted by Crippen LogP contribution is -2.00. The number of rotatable bonds is 4. The van der Waals surface area contributed by atoms with Gasteiger partial charge < -0.3 is 4.74 Å². The second kappa shape index (κ2) is 5.89. The molecule has 0 bridgehead atoms. The fourth-order valence-corrected chi connectivity index (χ4v) is 0.626. The fraction of sp³-hybridized carbons (Fsp3) is 0.714. The Morgan fingerprint density at radius 2 is 2.33 bits per heavy atom. The Balaban J connectivity index is 3.06. The van der Waals surface area contributed by atoms with E-state index in [2.05, 4.69) is 13.8 Å². The molecular weight excluding hydrogens is 128 g/mol. The van der Waals surface area contributed by atoms with Crippen LogP contribution in [-0.4, -0.2) is 16.8 Å². The van der Waals surface area contributed by atoms with Crippen molar-refractivity contribution in [2.45, 2.75) is 20.3 Å². The highest BCUT2D eigenvalue weighted by Crippen LogP contribution is 1.99. The van der Waals surface area contributed by atoms with Crippen LogP contribution in [0.25, 0.3) is 0 Å². The molecule has 0 radical (unpaired) electrons. The molecule has 0 N–H and O–H groups in total. The van der Waals surface area contributed by atoms with Crippen LogP contribution >= 0.6 is 0 Å². The minimum Gasteiger partial charge on any atom is -0.502 e. The smallest absolute Gasteiger partial charge is 0.0898 e. The van der Waals surface area contributed by atoms with Gasteiger partial charge in [0.2, 0.25) is 0 Å². The lowest BCUT2D eigenvalue weighted by Gasteiger charge is -2.05. The van der Waals surface area contributed by atoms with Gasteiger partial charge in [0.15, 0.2) is 0 Å². The highest BCUT2D eigenvalue weighted by molar-refractivity contribution is 6.16. The Labute approximate surface area is 60.5 Å². The van der Waals surface area contributed by atoms with Crippen molar-refractivity contribution < 1.29 is 4.74 Å². The quantitative estimate of drug-likeness (QED) is 0.420. The van der Waals surface area contributed by atoms with Crippen molar-refractivity contribution >= 4 is 10.2 Å². The van der Waals surface area contributed by atoms with Gasteiger partial charge in [-0.1, -0.05) is 26.0 Å². The van der Waals surface area contributed by atoms with Gasteiger partial charge in [0.1, 0.15) is 0 Å². The summed E-state index contributed by atoms with van der Waals surface area (Å²) in [6.07, 6.45) is 3.01. The van der Waals surface area contributed by atoms with Crippen molar-refractivity contribution in [3.05, 3.63) is 12.0 Å². The largest absolute Gasteiger partial charge is 0.502 e. The average molecular weight is 144 g/mol. The summed E-state index contributed by atoms with van der Waals surface area (Å²) in [5, 5.41) is 0. The summed E-state index contributed by atoms with van der Waals surface area (Å²) in [5.74, 6) is 0.697. The van der Waals surface area contributed by atoms with Crippen LogP contribution in [-0.2, 0) is 4.74 Å². The van der Waals surface area contributed by atoms with Crippen molar-refractivity contribution in [1.82, 2.24) is 0 Å². The third-order valence-electron chi connectivity index (χ3n) is 1.31. The monoisotopic (exact) mass is 144 g/mol. The van der Waals surface area contributed by atoms with E-state index in [1.807, 2.05) is 5.70 Å². The first-order valence-electron chi connectivity index (χ1n) is 3.54. The third-order valence-corrected chi connectivity index (χ3v) is 1.58. The van der Waals surface area contributed by atoms with E-state index in [1.54, 1.807) is 6.26 Å². The van der Waals surface area contributed by atoms with Crippen molar-refractivity contribution in [2.75, 3.05) is 6.61 Å². The fourth-order valence-electron chi connectivity index (χ4n) is 0.434. The van der Waals surface area contributed by atoms with Gasteiger partial charge in [0.05, 0.1) is 12.9 Å². The lowest BCUT2D eigenvalue weighted by molar-refractivity contribution is 0.201. The molecule has 0 saturated carbocycles. The second-order valence-corrected chi connectivity index (χ2v) is 2.98.